The van der Waals surface area contributed by atoms with Gasteiger partial charge in [-0.05, 0) is 36.8 Å². The van der Waals surface area contributed by atoms with Crippen molar-refractivity contribution in [2.45, 2.75) is 6.92 Å². The summed E-state index contributed by atoms with van der Waals surface area (Å²) in [6.45, 7) is 4.95. The van der Waals surface area contributed by atoms with Crippen molar-refractivity contribution in [1.29, 1.82) is 0 Å². The third-order valence-corrected chi connectivity index (χ3v) is 3.66. The molecule has 0 spiro atoms. The molecule has 0 bridgehead atoms. The summed E-state index contributed by atoms with van der Waals surface area (Å²) in [5, 5.41) is 2.87. The highest BCUT2D eigenvalue weighted by molar-refractivity contribution is 6.07. The number of aryl methyl sites for hydroxylation is 1. The maximum Gasteiger partial charge on any atom is 0.258 e. The number of nitrogens with one attached hydrogen (secondary N) is 1. The van der Waals surface area contributed by atoms with Crippen LogP contribution in [0.1, 0.15) is 15.9 Å². The van der Waals surface area contributed by atoms with Crippen LogP contribution in [-0.2, 0) is 4.74 Å². The first kappa shape index (κ1) is 14.5. The van der Waals surface area contributed by atoms with Crippen LogP contribution in [0.3, 0.4) is 0 Å². The number of carbonyl (C=O) groups excluding carboxylic acids is 1. The Morgan fingerprint density at radius 3 is 2.77 bits per heavy atom. The van der Waals surface area contributed by atoms with E-state index in [-0.39, 0.29) is 5.91 Å². The van der Waals surface area contributed by atoms with Gasteiger partial charge in [-0.2, -0.15) is 0 Å². The van der Waals surface area contributed by atoms with Crippen LogP contribution in [0, 0.1) is 6.92 Å². The second kappa shape index (κ2) is 6.58. The predicted molar refractivity (Wildman–Crippen MR) is 86.4 cm³/mol. The fourth-order valence-corrected chi connectivity index (χ4v) is 2.53. The normalized spacial score (nSPS) is 14.7. The number of amides is 1. The van der Waals surface area contributed by atoms with Crippen LogP contribution < -0.4 is 10.2 Å². The number of anilines is 2. The van der Waals surface area contributed by atoms with E-state index in [1.807, 2.05) is 43.3 Å². The zero-order valence-electron chi connectivity index (χ0n) is 12.6. The van der Waals surface area contributed by atoms with Crippen LogP contribution in [0.5, 0.6) is 0 Å². The number of nitrogens with zero attached hydrogens (tertiary/aromatic N) is 2. The van der Waals surface area contributed by atoms with Gasteiger partial charge in [-0.25, -0.2) is 4.98 Å². The molecule has 1 aromatic heterocycles. The molecular weight excluding hydrogens is 278 g/mol. The minimum Gasteiger partial charge on any atom is -0.378 e. The highest BCUT2D eigenvalue weighted by atomic mass is 16.5. The Labute approximate surface area is 129 Å². The number of para-hydroxylation sites is 1. The maximum atomic E-state index is 12.6. The van der Waals surface area contributed by atoms with Gasteiger partial charge in [-0.3, -0.25) is 4.79 Å². The lowest BCUT2D eigenvalue weighted by Crippen LogP contribution is -2.37. The monoisotopic (exact) mass is 297 g/mol. The molecule has 1 amide bonds. The van der Waals surface area contributed by atoms with Crippen molar-refractivity contribution in [3.8, 4) is 0 Å². The fraction of sp³-hybridized carbons (Fsp3) is 0.294. The van der Waals surface area contributed by atoms with E-state index in [4.69, 9.17) is 4.74 Å². The molecule has 1 N–H and O–H groups in total. The third kappa shape index (κ3) is 3.26. The van der Waals surface area contributed by atoms with Gasteiger partial charge < -0.3 is 15.0 Å². The van der Waals surface area contributed by atoms with Crippen LogP contribution in [0.4, 0.5) is 11.5 Å². The van der Waals surface area contributed by atoms with Gasteiger partial charge in [0.05, 0.1) is 18.8 Å². The van der Waals surface area contributed by atoms with Gasteiger partial charge in [-0.1, -0.05) is 12.1 Å². The second-order valence-corrected chi connectivity index (χ2v) is 5.29. The summed E-state index contributed by atoms with van der Waals surface area (Å²) in [5.74, 6) is 0.432. The van der Waals surface area contributed by atoms with Crippen LogP contribution in [0.2, 0.25) is 0 Å². The average molecular weight is 297 g/mol. The molecule has 0 saturated carbocycles. The Morgan fingerprint density at radius 1 is 1.23 bits per heavy atom. The van der Waals surface area contributed by atoms with Crippen LogP contribution in [0.25, 0.3) is 0 Å². The zero-order chi connectivity index (χ0) is 15.4. The van der Waals surface area contributed by atoms with Gasteiger partial charge >= 0.3 is 0 Å². The molecule has 1 aromatic carbocycles. The lowest BCUT2D eigenvalue weighted by molar-refractivity contribution is 0.102. The van der Waals surface area contributed by atoms with E-state index >= 15 is 0 Å². The summed E-state index contributed by atoms with van der Waals surface area (Å²) >= 11 is 0. The summed E-state index contributed by atoms with van der Waals surface area (Å²) in [6, 6.07) is 11.4. The van der Waals surface area contributed by atoms with Crippen molar-refractivity contribution < 1.29 is 9.53 Å². The quantitative estimate of drug-likeness (QED) is 0.945. The van der Waals surface area contributed by atoms with Crippen molar-refractivity contribution in [3.05, 3.63) is 53.7 Å². The van der Waals surface area contributed by atoms with Gasteiger partial charge in [0, 0.05) is 25.0 Å². The summed E-state index contributed by atoms with van der Waals surface area (Å²) in [5.41, 5.74) is 2.66. The highest BCUT2D eigenvalue weighted by Gasteiger charge is 2.18. The number of hydrogen-bond acceptors (Lipinski definition) is 4. The molecule has 22 heavy (non-hydrogen) atoms. The molecule has 1 saturated heterocycles. The van der Waals surface area contributed by atoms with E-state index in [0.29, 0.717) is 24.6 Å². The number of morpholine rings is 1. The Hall–Kier alpha value is -2.40. The molecule has 0 atom stereocenters. The predicted octanol–water partition coefficient (Wildman–Crippen LogP) is 2.48. The van der Waals surface area contributed by atoms with E-state index in [9.17, 15) is 4.79 Å². The van der Waals surface area contributed by atoms with Crippen molar-refractivity contribution >= 4 is 17.4 Å². The highest BCUT2D eigenvalue weighted by Crippen LogP contribution is 2.22. The van der Waals surface area contributed by atoms with Gasteiger partial charge in [0.2, 0.25) is 0 Å². The number of pyridine rings is 1. The van der Waals surface area contributed by atoms with Gasteiger partial charge in [0.1, 0.15) is 5.82 Å². The van der Waals surface area contributed by atoms with Crippen molar-refractivity contribution in [3.63, 3.8) is 0 Å². The number of aromatic nitrogens is 1. The molecule has 0 unspecified atom stereocenters. The second-order valence-electron chi connectivity index (χ2n) is 5.29. The molecule has 1 aliphatic rings. The Kier molecular flexibility index (Phi) is 4.34. The van der Waals surface area contributed by atoms with Crippen LogP contribution in [0.15, 0.2) is 42.6 Å². The molecule has 0 aliphatic carbocycles. The van der Waals surface area contributed by atoms with E-state index in [0.717, 1.165) is 24.3 Å². The number of benzene rings is 1. The molecule has 2 aromatic rings. The molecule has 2 heterocycles. The average Bonchev–Trinajstić information content (AvgIpc) is 2.56. The molecular formula is C17H19N3O2. The number of hydrogen-bond donors (Lipinski definition) is 1. The Morgan fingerprint density at radius 2 is 2.00 bits per heavy atom. The summed E-state index contributed by atoms with van der Waals surface area (Å²) < 4.78 is 5.38. The Balaban J connectivity index is 1.83. The van der Waals surface area contributed by atoms with Crippen molar-refractivity contribution in [2.75, 3.05) is 36.5 Å². The first-order valence-corrected chi connectivity index (χ1v) is 7.40. The van der Waals surface area contributed by atoms with E-state index in [1.165, 1.54) is 0 Å². The molecule has 0 radical (unpaired) electrons. The van der Waals surface area contributed by atoms with E-state index in [2.05, 4.69) is 15.2 Å². The summed E-state index contributed by atoms with van der Waals surface area (Å²) in [7, 11) is 0. The smallest absolute Gasteiger partial charge is 0.258 e. The zero-order valence-corrected chi connectivity index (χ0v) is 12.6. The largest absolute Gasteiger partial charge is 0.378 e. The first-order valence-electron chi connectivity index (χ1n) is 7.40. The molecule has 5 nitrogen and oxygen atoms in total. The van der Waals surface area contributed by atoms with Crippen molar-refractivity contribution in [1.82, 2.24) is 4.98 Å². The fourth-order valence-electron chi connectivity index (χ4n) is 2.53. The lowest BCUT2D eigenvalue weighted by Gasteiger charge is -2.30. The van der Waals surface area contributed by atoms with Crippen molar-refractivity contribution in [2.24, 2.45) is 0 Å². The molecule has 5 heteroatoms. The summed E-state index contributed by atoms with van der Waals surface area (Å²) in [6.07, 6.45) is 1.69. The molecule has 1 fully saturated rings. The molecule has 1 aliphatic heterocycles. The van der Waals surface area contributed by atoms with Gasteiger partial charge in [0.15, 0.2) is 0 Å². The minimum atomic E-state index is -0.139. The number of carbonyl (C=O) groups is 1. The van der Waals surface area contributed by atoms with Crippen LogP contribution in [-0.4, -0.2) is 37.2 Å². The van der Waals surface area contributed by atoms with Crippen LogP contribution >= 0.6 is 0 Å². The third-order valence-electron chi connectivity index (χ3n) is 3.66. The van der Waals surface area contributed by atoms with E-state index in [1.54, 1.807) is 6.20 Å². The maximum absolute atomic E-state index is 12.6. The van der Waals surface area contributed by atoms with Gasteiger partial charge in [0.25, 0.3) is 5.91 Å². The number of ether oxygens (including phenoxy) is 1. The van der Waals surface area contributed by atoms with E-state index < -0.39 is 0 Å². The molecule has 3 rings (SSSR count). The topological polar surface area (TPSA) is 54.5 Å². The summed E-state index contributed by atoms with van der Waals surface area (Å²) in [4.78, 5) is 18.9. The molecule has 114 valence electrons. The Bertz CT molecular complexity index is 666. The van der Waals surface area contributed by atoms with Gasteiger partial charge in [-0.15, -0.1) is 0 Å². The lowest BCUT2D eigenvalue weighted by atomic mass is 10.1. The standard InChI is InChI=1S/C17H19N3O2/c1-13-6-7-18-16(12-13)19-17(21)14-4-2-3-5-15(14)20-8-10-22-11-9-20/h2-7,12H,8-11H2,1H3,(H,18,19,21). The minimum absolute atomic E-state index is 0.139. The first-order chi connectivity index (χ1) is 10.7. The number of rotatable bonds is 3. The SMILES string of the molecule is Cc1ccnc(NC(=O)c2ccccc2N2CCOCC2)c1.